The molecule has 0 unspecified atom stereocenters. The number of carbonyl (C=O) groups excluding carboxylic acids is 1. The molecule has 1 atom stereocenters. The molecule has 0 spiro atoms. The van der Waals surface area contributed by atoms with Crippen molar-refractivity contribution >= 4 is 23.0 Å². The summed E-state index contributed by atoms with van der Waals surface area (Å²) in [5.74, 6) is 0. The van der Waals surface area contributed by atoms with Crippen molar-refractivity contribution in [2.75, 3.05) is 0 Å². The van der Waals surface area contributed by atoms with Crippen LogP contribution in [0.1, 0.15) is 16.5 Å². The molecule has 2 nitrogen and oxygen atoms in total. The third kappa shape index (κ3) is 2.71. The average molecular weight is 267 g/mol. The summed E-state index contributed by atoms with van der Waals surface area (Å²) in [5.41, 5.74) is 2.83. The first-order valence-electron chi connectivity index (χ1n) is 6.12. The van der Waals surface area contributed by atoms with Gasteiger partial charge in [-0.1, -0.05) is 72.4 Å². The van der Waals surface area contributed by atoms with E-state index in [4.69, 9.17) is 0 Å². The molecule has 0 aromatic heterocycles. The van der Waals surface area contributed by atoms with E-state index in [0.29, 0.717) is 5.70 Å². The summed E-state index contributed by atoms with van der Waals surface area (Å²) >= 11 is 1.33. The number of benzene rings is 2. The third-order valence-electron chi connectivity index (χ3n) is 2.94. The van der Waals surface area contributed by atoms with Crippen molar-refractivity contribution in [3.05, 3.63) is 77.5 Å². The van der Waals surface area contributed by atoms with Crippen LogP contribution in [0.5, 0.6) is 0 Å². The molecule has 1 aliphatic rings. The van der Waals surface area contributed by atoms with Gasteiger partial charge in [-0.25, -0.2) is 0 Å². The zero-order valence-corrected chi connectivity index (χ0v) is 11.1. The number of nitrogens with one attached hydrogen (secondary N) is 1. The second-order valence-electron chi connectivity index (χ2n) is 4.31. The Kier molecular flexibility index (Phi) is 3.38. The van der Waals surface area contributed by atoms with Gasteiger partial charge in [0.25, 0.3) is 0 Å². The monoisotopic (exact) mass is 267 g/mol. The van der Waals surface area contributed by atoms with Gasteiger partial charge in [-0.15, -0.1) is 0 Å². The molecule has 94 valence electrons. The van der Waals surface area contributed by atoms with E-state index >= 15 is 0 Å². The SMILES string of the molecule is O=C1S[C@H](c2ccccc2)N/C1=C\c1ccccc1. The molecule has 1 fully saturated rings. The van der Waals surface area contributed by atoms with Gasteiger partial charge < -0.3 is 5.32 Å². The Balaban J connectivity index is 1.83. The number of rotatable bonds is 2. The Hall–Kier alpha value is -2.00. The van der Waals surface area contributed by atoms with Gasteiger partial charge in [0.15, 0.2) is 0 Å². The van der Waals surface area contributed by atoms with Crippen LogP contribution >= 0.6 is 11.8 Å². The summed E-state index contributed by atoms with van der Waals surface area (Å²) in [5, 5.41) is 3.39. The van der Waals surface area contributed by atoms with Crippen molar-refractivity contribution in [1.29, 1.82) is 0 Å². The van der Waals surface area contributed by atoms with Gasteiger partial charge in [0.1, 0.15) is 5.37 Å². The maximum Gasteiger partial charge on any atom is 0.237 e. The highest BCUT2D eigenvalue weighted by Gasteiger charge is 2.28. The third-order valence-corrected chi connectivity index (χ3v) is 4.00. The predicted molar refractivity (Wildman–Crippen MR) is 79.3 cm³/mol. The fourth-order valence-electron chi connectivity index (χ4n) is 2.00. The molecule has 1 N–H and O–H groups in total. The Morgan fingerprint density at radius 2 is 1.58 bits per heavy atom. The Bertz CT molecular complexity index is 607. The largest absolute Gasteiger partial charge is 0.365 e. The lowest BCUT2D eigenvalue weighted by Crippen LogP contribution is -2.11. The van der Waals surface area contributed by atoms with Crippen molar-refractivity contribution < 1.29 is 4.79 Å². The molecule has 2 aromatic rings. The van der Waals surface area contributed by atoms with Crippen LogP contribution in [0.15, 0.2) is 66.4 Å². The number of carbonyl (C=O) groups is 1. The molecule has 0 bridgehead atoms. The first-order valence-corrected chi connectivity index (χ1v) is 7.00. The van der Waals surface area contributed by atoms with Crippen LogP contribution in [0.2, 0.25) is 0 Å². The van der Waals surface area contributed by atoms with Gasteiger partial charge in [-0.2, -0.15) is 0 Å². The van der Waals surface area contributed by atoms with E-state index in [-0.39, 0.29) is 10.5 Å². The van der Waals surface area contributed by atoms with E-state index in [1.165, 1.54) is 11.8 Å². The van der Waals surface area contributed by atoms with E-state index in [1.54, 1.807) is 0 Å². The standard InChI is InChI=1S/C16H13NOS/c18-16-14(11-12-7-3-1-4-8-12)17-15(19-16)13-9-5-2-6-10-13/h1-11,15,17H/b14-11-/t15-/m1/s1. The lowest BCUT2D eigenvalue weighted by molar-refractivity contribution is -0.107. The number of hydrogen-bond donors (Lipinski definition) is 1. The number of hydrogen-bond acceptors (Lipinski definition) is 3. The topological polar surface area (TPSA) is 29.1 Å². The minimum atomic E-state index is 0.0173. The lowest BCUT2D eigenvalue weighted by Gasteiger charge is -2.08. The smallest absolute Gasteiger partial charge is 0.237 e. The minimum Gasteiger partial charge on any atom is -0.365 e. The van der Waals surface area contributed by atoms with E-state index in [2.05, 4.69) is 5.32 Å². The van der Waals surface area contributed by atoms with Crippen LogP contribution in [-0.4, -0.2) is 5.12 Å². The Labute approximate surface area is 116 Å². The first-order chi connectivity index (χ1) is 9.33. The predicted octanol–water partition coefficient (Wildman–Crippen LogP) is 3.59. The minimum absolute atomic E-state index is 0.0173. The molecule has 3 rings (SSSR count). The maximum atomic E-state index is 12.0. The molecule has 0 amide bonds. The summed E-state index contributed by atoms with van der Waals surface area (Å²) in [6.45, 7) is 0. The second-order valence-corrected chi connectivity index (χ2v) is 5.39. The Morgan fingerprint density at radius 1 is 0.947 bits per heavy atom. The molecule has 3 heteroatoms. The van der Waals surface area contributed by atoms with E-state index in [1.807, 2.05) is 66.7 Å². The lowest BCUT2D eigenvalue weighted by atomic mass is 10.2. The fourth-order valence-corrected chi connectivity index (χ4v) is 2.93. The highest BCUT2D eigenvalue weighted by molar-refractivity contribution is 8.14. The van der Waals surface area contributed by atoms with Gasteiger partial charge >= 0.3 is 0 Å². The quantitative estimate of drug-likeness (QED) is 0.843. The van der Waals surface area contributed by atoms with Crippen LogP contribution in [0, 0.1) is 0 Å². The average Bonchev–Trinajstić information content (AvgIpc) is 2.82. The van der Waals surface area contributed by atoms with E-state index < -0.39 is 0 Å². The van der Waals surface area contributed by atoms with Gasteiger partial charge in [-0.05, 0) is 17.2 Å². The zero-order valence-electron chi connectivity index (χ0n) is 10.2. The maximum absolute atomic E-state index is 12.0. The second kappa shape index (κ2) is 5.33. The molecule has 1 aliphatic heterocycles. The highest BCUT2D eigenvalue weighted by Crippen LogP contribution is 2.35. The summed E-state index contributed by atoms with van der Waals surface area (Å²) < 4.78 is 0. The van der Waals surface area contributed by atoms with Crippen LogP contribution in [0.4, 0.5) is 0 Å². The molecule has 1 saturated heterocycles. The molecule has 0 aliphatic carbocycles. The van der Waals surface area contributed by atoms with Crippen molar-refractivity contribution in [1.82, 2.24) is 5.32 Å². The van der Waals surface area contributed by atoms with Gasteiger partial charge in [0, 0.05) is 0 Å². The van der Waals surface area contributed by atoms with Gasteiger partial charge in [-0.3, -0.25) is 4.79 Å². The van der Waals surface area contributed by atoms with Crippen molar-refractivity contribution in [2.45, 2.75) is 5.37 Å². The van der Waals surface area contributed by atoms with Crippen LogP contribution < -0.4 is 5.32 Å². The Morgan fingerprint density at radius 3 is 2.26 bits per heavy atom. The molecule has 0 saturated carbocycles. The summed E-state index contributed by atoms with van der Waals surface area (Å²) in [6.07, 6.45) is 1.90. The molecule has 19 heavy (non-hydrogen) atoms. The molecular formula is C16H13NOS. The van der Waals surface area contributed by atoms with Crippen LogP contribution in [-0.2, 0) is 4.79 Å². The van der Waals surface area contributed by atoms with Crippen LogP contribution in [0.3, 0.4) is 0 Å². The fraction of sp³-hybridized carbons (Fsp3) is 0.0625. The molecular weight excluding hydrogens is 254 g/mol. The summed E-state index contributed by atoms with van der Waals surface area (Å²) in [4.78, 5) is 12.0. The zero-order chi connectivity index (χ0) is 13.1. The molecule has 2 aromatic carbocycles. The molecule has 0 radical (unpaired) electrons. The van der Waals surface area contributed by atoms with Gasteiger partial charge in [0.05, 0.1) is 5.70 Å². The summed E-state index contributed by atoms with van der Waals surface area (Å²) in [6, 6.07) is 19.9. The van der Waals surface area contributed by atoms with E-state index in [9.17, 15) is 4.79 Å². The van der Waals surface area contributed by atoms with E-state index in [0.717, 1.165) is 11.1 Å². The van der Waals surface area contributed by atoms with Crippen molar-refractivity contribution in [3.8, 4) is 0 Å². The highest BCUT2D eigenvalue weighted by atomic mass is 32.2. The van der Waals surface area contributed by atoms with Crippen LogP contribution in [0.25, 0.3) is 6.08 Å². The first kappa shape index (κ1) is 12.1. The normalized spacial score (nSPS) is 20.5. The number of thioether (sulfide) groups is 1. The summed E-state index contributed by atoms with van der Waals surface area (Å²) in [7, 11) is 0. The molecule has 1 heterocycles. The van der Waals surface area contributed by atoms with Gasteiger partial charge in [0.2, 0.25) is 5.12 Å². The van der Waals surface area contributed by atoms with Crippen molar-refractivity contribution in [3.63, 3.8) is 0 Å². The van der Waals surface area contributed by atoms with Crippen molar-refractivity contribution in [2.24, 2.45) is 0 Å².